The third-order valence-electron chi connectivity index (χ3n) is 3.51. The summed E-state index contributed by atoms with van der Waals surface area (Å²) < 4.78 is 0. The molecule has 1 aromatic heterocycles. The summed E-state index contributed by atoms with van der Waals surface area (Å²) in [5.74, 6) is 2.09. The average molecular weight is 288 g/mol. The summed E-state index contributed by atoms with van der Waals surface area (Å²) in [6.45, 7) is 8.25. The number of rotatable bonds is 5. The maximum Gasteiger partial charge on any atom is 0.147 e. The van der Waals surface area contributed by atoms with Crippen LogP contribution in [0.1, 0.15) is 27.2 Å². The van der Waals surface area contributed by atoms with E-state index in [0.29, 0.717) is 33.0 Å². The van der Waals surface area contributed by atoms with Crippen molar-refractivity contribution in [2.24, 2.45) is 11.3 Å². The quantitative estimate of drug-likeness (QED) is 0.849. The van der Waals surface area contributed by atoms with Crippen molar-refractivity contribution < 1.29 is 0 Å². The number of anilines is 2. The number of nitrogens with zero attached hydrogens (tertiary/aromatic N) is 1. The second kappa shape index (κ2) is 5.14. The molecule has 0 saturated heterocycles. The Labute approximate surface area is 118 Å². The molecule has 1 saturated carbocycles. The van der Waals surface area contributed by atoms with E-state index >= 15 is 0 Å². The second-order valence-electron chi connectivity index (χ2n) is 5.45. The van der Waals surface area contributed by atoms with E-state index in [1.165, 1.54) is 6.42 Å². The monoisotopic (exact) mass is 287 g/mol. The molecule has 0 aromatic carbocycles. The van der Waals surface area contributed by atoms with Crippen LogP contribution < -0.4 is 10.6 Å². The number of pyridine rings is 1. The Balaban J connectivity index is 2.05. The van der Waals surface area contributed by atoms with Crippen LogP contribution in [0.2, 0.25) is 10.0 Å². The van der Waals surface area contributed by atoms with Crippen LogP contribution in [0.5, 0.6) is 0 Å². The highest BCUT2D eigenvalue weighted by molar-refractivity contribution is 6.37. The molecule has 0 amide bonds. The van der Waals surface area contributed by atoms with Gasteiger partial charge in [0.05, 0.1) is 10.0 Å². The van der Waals surface area contributed by atoms with E-state index in [4.69, 9.17) is 23.2 Å². The van der Waals surface area contributed by atoms with Gasteiger partial charge in [-0.25, -0.2) is 4.98 Å². The molecule has 0 spiro atoms. The van der Waals surface area contributed by atoms with Crippen molar-refractivity contribution in [2.45, 2.75) is 27.2 Å². The zero-order chi connectivity index (χ0) is 13.3. The predicted molar refractivity (Wildman–Crippen MR) is 78.8 cm³/mol. The van der Waals surface area contributed by atoms with Crippen LogP contribution in [-0.4, -0.2) is 18.1 Å². The van der Waals surface area contributed by atoms with Crippen LogP contribution in [0.3, 0.4) is 0 Å². The number of halogens is 2. The van der Waals surface area contributed by atoms with Gasteiger partial charge in [-0.3, -0.25) is 0 Å². The minimum atomic E-state index is 0.455. The molecular weight excluding hydrogens is 269 g/mol. The van der Waals surface area contributed by atoms with Crippen molar-refractivity contribution >= 4 is 34.8 Å². The highest BCUT2D eigenvalue weighted by Crippen LogP contribution is 2.51. The maximum absolute atomic E-state index is 6.14. The van der Waals surface area contributed by atoms with Gasteiger partial charge in [-0.2, -0.15) is 0 Å². The van der Waals surface area contributed by atoms with Crippen molar-refractivity contribution in [3.8, 4) is 0 Å². The lowest BCUT2D eigenvalue weighted by molar-refractivity contribution is 0.573. The van der Waals surface area contributed by atoms with Crippen molar-refractivity contribution in [3.63, 3.8) is 0 Å². The topological polar surface area (TPSA) is 37.0 Å². The maximum atomic E-state index is 6.14. The van der Waals surface area contributed by atoms with E-state index in [9.17, 15) is 0 Å². The second-order valence-corrected chi connectivity index (χ2v) is 6.26. The van der Waals surface area contributed by atoms with Gasteiger partial charge < -0.3 is 10.6 Å². The third kappa shape index (κ3) is 3.01. The highest BCUT2D eigenvalue weighted by atomic mass is 35.5. The smallest absolute Gasteiger partial charge is 0.147 e. The predicted octanol–water partition coefficient (Wildman–Crippen LogP) is 4.28. The molecule has 100 valence electrons. The molecule has 3 nitrogen and oxygen atoms in total. The first-order valence-corrected chi connectivity index (χ1v) is 7.03. The van der Waals surface area contributed by atoms with Crippen molar-refractivity contribution in [3.05, 3.63) is 16.1 Å². The summed E-state index contributed by atoms with van der Waals surface area (Å²) in [6, 6.07) is 1.73. The molecule has 1 fully saturated rings. The molecule has 5 heteroatoms. The summed E-state index contributed by atoms with van der Waals surface area (Å²) in [4.78, 5) is 4.42. The van der Waals surface area contributed by atoms with Crippen LogP contribution in [0.4, 0.5) is 11.6 Å². The number of nitrogens with one attached hydrogen (secondary N) is 2. The van der Waals surface area contributed by atoms with Gasteiger partial charge >= 0.3 is 0 Å². The Bertz CT molecular complexity index is 446. The van der Waals surface area contributed by atoms with Crippen molar-refractivity contribution in [2.75, 3.05) is 23.7 Å². The first-order chi connectivity index (χ1) is 8.44. The molecule has 0 radical (unpaired) electrons. The van der Waals surface area contributed by atoms with Gasteiger partial charge in [0.25, 0.3) is 0 Å². The van der Waals surface area contributed by atoms with E-state index in [-0.39, 0.29) is 0 Å². The highest BCUT2D eigenvalue weighted by Gasteiger charge is 2.45. The first-order valence-electron chi connectivity index (χ1n) is 6.28. The van der Waals surface area contributed by atoms with Crippen LogP contribution in [0, 0.1) is 11.3 Å². The summed E-state index contributed by atoms with van der Waals surface area (Å²) >= 11 is 12.2. The lowest BCUT2D eigenvalue weighted by atomic mass is 10.1. The SMILES string of the molecule is CCNc1nc(NCC2CC2(C)C)c(Cl)cc1Cl. The Morgan fingerprint density at radius 1 is 1.28 bits per heavy atom. The zero-order valence-electron chi connectivity index (χ0n) is 11.0. The van der Waals surface area contributed by atoms with E-state index in [0.717, 1.165) is 13.1 Å². The Morgan fingerprint density at radius 2 is 1.83 bits per heavy atom. The Hall–Kier alpha value is -0.670. The first kappa shape index (κ1) is 13.8. The summed E-state index contributed by atoms with van der Waals surface area (Å²) in [5, 5.41) is 7.56. The molecule has 1 aliphatic rings. The van der Waals surface area contributed by atoms with Crippen LogP contribution in [-0.2, 0) is 0 Å². The number of hydrogen-bond acceptors (Lipinski definition) is 3. The van der Waals surface area contributed by atoms with Crippen LogP contribution in [0.25, 0.3) is 0 Å². The van der Waals surface area contributed by atoms with Gasteiger partial charge in [-0.15, -0.1) is 0 Å². The van der Waals surface area contributed by atoms with E-state index in [1.54, 1.807) is 6.07 Å². The minimum Gasteiger partial charge on any atom is -0.369 e. The summed E-state index contributed by atoms with van der Waals surface area (Å²) in [7, 11) is 0. The van der Waals surface area contributed by atoms with Crippen LogP contribution in [0.15, 0.2) is 6.07 Å². The van der Waals surface area contributed by atoms with Gasteiger partial charge in [-0.05, 0) is 30.7 Å². The average Bonchev–Trinajstić information content (AvgIpc) is 2.89. The van der Waals surface area contributed by atoms with E-state index < -0.39 is 0 Å². The molecule has 18 heavy (non-hydrogen) atoms. The van der Waals surface area contributed by atoms with E-state index in [2.05, 4.69) is 29.5 Å². The fraction of sp³-hybridized carbons (Fsp3) is 0.615. The molecule has 2 N–H and O–H groups in total. The van der Waals surface area contributed by atoms with Gasteiger partial charge in [0.2, 0.25) is 0 Å². The molecule has 1 atom stereocenters. The largest absolute Gasteiger partial charge is 0.369 e. The molecule has 1 aliphatic carbocycles. The van der Waals surface area contributed by atoms with E-state index in [1.807, 2.05) is 6.92 Å². The summed E-state index contributed by atoms with van der Waals surface area (Å²) in [6.07, 6.45) is 1.26. The van der Waals surface area contributed by atoms with Crippen molar-refractivity contribution in [1.82, 2.24) is 4.98 Å². The molecule has 2 rings (SSSR count). The molecule has 0 bridgehead atoms. The van der Waals surface area contributed by atoms with Gasteiger partial charge in [0.15, 0.2) is 0 Å². The fourth-order valence-electron chi connectivity index (χ4n) is 2.03. The standard InChI is InChI=1S/C13H19Cl2N3/c1-4-16-11-9(14)5-10(15)12(18-11)17-7-8-6-13(8,2)3/h5,8H,4,6-7H2,1-3H3,(H2,16,17,18). The van der Waals surface area contributed by atoms with Gasteiger partial charge in [0, 0.05) is 13.1 Å². The number of aromatic nitrogens is 1. The lowest BCUT2D eigenvalue weighted by Crippen LogP contribution is -2.10. The van der Waals surface area contributed by atoms with Gasteiger partial charge in [-0.1, -0.05) is 37.0 Å². The normalized spacial score (nSPS) is 20.6. The van der Waals surface area contributed by atoms with Crippen LogP contribution >= 0.6 is 23.2 Å². The zero-order valence-corrected chi connectivity index (χ0v) is 12.5. The van der Waals surface area contributed by atoms with Crippen molar-refractivity contribution in [1.29, 1.82) is 0 Å². The molecular formula is C13H19Cl2N3. The Morgan fingerprint density at radius 3 is 2.33 bits per heavy atom. The third-order valence-corrected chi connectivity index (χ3v) is 4.08. The molecule has 1 unspecified atom stereocenters. The minimum absolute atomic E-state index is 0.455. The fourth-order valence-corrected chi connectivity index (χ4v) is 2.52. The molecule has 0 aliphatic heterocycles. The number of hydrogen-bond donors (Lipinski definition) is 2. The lowest BCUT2D eigenvalue weighted by Gasteiger charge is -2.12. The Kier molecular flexibility index (Phi) is 3.93. The molecule has 1 aromatic rings. The van der Waals surface area contributed by atoms with Gasteiger partial charge in [0.1, 0.15) is 11.6 Å². The summed E-state index contributed by atoms with van der Waals surface area (Å²) in [5.41, 5.74) is 0.455. The molecule has 1 heterocycles.